The Morgan fingerprint density at radius 1 is 1.54 bits per heavy atom. The van der Waals surface area contributed by atoms with E-state index in [0.717, 1.165) is 0 Å². The van der Waals surface area contributed by atoms with Gasteiger partial charge in [0.1, 0.15) is 5.69 Å². The lowest BCUT2D eigenvalue weighted by Crippen LogP contribution is -2.18. The summed E-state index contributed by atoms with van der Waals surface area (Å²) < 4.78 is 0. The molecule has 1 fully saturated rings. The minimum Gasteiger partial charge on any atom is -0.354 e. The van der Waals surface area contributed by atoms with Gasteiger partial charge in [-0.3, -0.25) is 9.78 Å². The summed E-state index contributed by atoms with van der Waals surface area (Å²) in [5.74, 6) is 0.577. The number of hydrogen-bond donors (Lipinski definition) is 1. The highest BCUT2D eigenvalue weighted by atomic mass is 16.1. The van der Waals surface area contributed by atoms with Crippen molar-refractivity contribution >= 4 is 5.91 Å². The summed E-state index contributed by atoms with van der Waals surface area (Å²) in [6.07, 6.45) is 4.34. The van der Waals surface area contributed by atoms with Crippen LogP contribution in [0.15, 0.2) is 18.3 Å². The van der Waals surface area contributed by atoms with Crippen molar-refractivity contribution < 1.29 is 4.79 Å². The van der Waals surface area contributed by atoms with Gasteiger partial charge in [0, 0.05) is 13.2 Å². The first-order valence-corrected chi connectivity index (χ1v) is 4.49. The number of nitrogens with one attached hydrogen (secondary N) is 1. The molecule has 1 N–H and O–H groups in total. The van der Waals surface area contributed by atoms with E-state index in [1.165, 1.54) is 18.4 Å². The first-order valence-electron chi connectivity index (χ1n) is 4.49. The molecule has 3 nitrogen and oxygen atoms in total. The largest absolute Gasteiger partial charge is 0.354 e. The quantitative estimate of drug-likeness (QED) is 0.738. The topological polar surface area (TPSA) is 42.0 Å². The molecule has 0 unspecified atom stereocenters. The first kappa shape index (κ1) is 8.23. The molecular formula is C10H12N2O. The maximum Gasteiger partial charge on any atom is 0.269 e. The van der Waals surface area contributed by atoms with Gasteiger partial charge in [-0.15, -0.1) is 0 Å². The number of hydrogen-bond acceptors (Lipinski definition) is 2. The molecule has 0 saturated heterocycles. The van der Waals surface area contributed by atoms with Crippen molar-refractivity contribution in [2.24, 2.45) is 0 Å². The third-order valence-electron chi connectivity index (χ3n) is 2.29. The van der Waals surface area contributed by atoms with Crippen LogP contribution in [0.25, 0.3) is 0 Å². The van der Waals surface area contributed by atoms with E-state index >= 15 is 0 Å². The highest BCUT2D eigenvalue weighted by molar-refractivity contribution is 5.91. The Bertz CT molecular complexity index is 314. The molecule has 1 aliphatic rings. The van der Waals surface area contributed by atoms with Crippen LogP contribution in [0.3, 0.4) is 0 Å². The van der Waals surface area contributed by atoms with Gasteiger partial charge < -0.3 is 5.32 Å². The second-order valence-electron chi connectivity index (χ2n) is 3.33. The molecule has 0 bridgehead atoms. The zero-order valence-corrected chi connectivity index (χ0v) is 7.58. The van der Waals surface area contributed by atoms with Gasteiger partial charge in [0.2, 0.25) is 0 Å². The summed E-state index contributed by atoms with van der Waals surface area (Å²) in [5, 5.41) is 2.54. The van der Waals surface area contributed by atoms with E-state index in [4.69, 9.17) is 0 Å². The fraction of sp³-hybridized carbons (Fsp3) is 0.400. The lowest BCUT2D eigenvalue weighted by Gasteiger charge is -2.00. The molecule has 0 spiro atoms. The molecule has 2 rings (SSSR count). The summed E-state index contributed by atoms with van der Waals surface area (Å²) in [5.41, 5.74) is 1.75. The van der Waals surface area contributed by atoms with Gasteiger partial charge in [-0.2, -0.15) is 0 Å². The third kappa shape index (κ3) is 1.69. The normalized spacial score (nSPS) is 15.5. The van der Waals surface area contributed by atoms with Crippen molar-refractivity contribution in [2.75, 3.05) is 7.05 Å². The molecule has 1 aromatic heterocycles. The Labute approximate surface area is 77.2 Å². The highest BCUT2D eigenvalue weighted by Crippen LogP contribution is 2.39. The molecular weight excluding hydrogens is 164 g/mol. The van der Waals surface area contributed by atoms with E-state index in [0.29, 0.717) is 11.6 Å². The fourth-order valence-electron chi connectivity index (χ4n) is 1.33. The first-order chi connectivity index (χ1) is 6.31. The molecule has 0 aliphatic heterocycles. The smallest absolute Gasteiger partial charge is 0.269 e. The van der Waals surface area contributed by atoms with Crippen LogP contribution in [0.5, 0.6) is 0 Å². The molecule has 1 amide bonds. The highest BCUT2D eigenvalue weighted by Gasteiger charge is 2.23. The Morgan fingerprint density at radius 3 is 2.77 bits per heavy atom. The SMILES string of the molecule is CNC(=O)c1ccc(C2CC2)cn1. The van der Waals surface area contributed by atoms with E-state index < -0.39 is 0 Å². The van der Waals surface area contributed by atoms with Crippen molar-refractivity contribution in [3.05, 3.63) is 29.6 Å². The van der Waals surface area contributed by atoms with Crippen molar-refractivity contribution in [2.45, 2.75) is 18.8 Å². The Morgan fingerprint density at radius 2 is 2.31 bits per heavy atom. The summed E-state index contributed by atoms with van der Waals surface area (Å²) in [6, 6.07) is 3.78. The van der Waals surface area contributed by atoms with Crippen LogP contribution in [0.2, 0.25) is 0 Å². The van der Waals surface area contributed by atoms with Gasteiger partial charge in [-0.25, -0.2) is 0 Å². The van der Waals surface area contributed by atoms with E-state index in [-0.39, 0.29) is 5.91 Å². The van der Waals surface area contributed by atoms with Crippen molar-refractivity contribution in [1.82, 2.24) is 10.3 Å². The van der Waals surface area contributed by atoms with E-state index in [9.17, 15) is 4.79 Å². The Balaban J connectivity index is 2.17. The second kappa shape index (κ2) is 3.17. The van der Waals surface area contributed by atoms with Crippen LogP contribution in [0.1, 0.15) is 34.8 Å². The standard InChI is InChI=1S/C10H12N2O/c1-11-10(13)9-5-4-8(6-12-9)7-2-3-7/h4-7H,2-3H2,1H3,(H,11,13). The molecule has 1 saturated carbocycles. The monoisotopic (exact) mass is 176 g/mol. The van der Waals surface area contributed by atoms with E-state index in [1.54, 1.807) is 13.1 Å². The molecule has 3 heteroatoms. The van der Waals surface area contributed by atoms with Crippen LogP contribution < -0.4 is 5.32 Å². The van der Waals surface area contributed by atoms with Crippen LogP contribution in [0.4, 0.5) is 0 Å². The van der Waals surface area contributed by atoms with Crippen LogP contribution in [-0.4, -0.2) is 17.9 Å². The molecule has 0 atom stereocenters. The van der Waals surface area contributed by atoms with Crippen LogP contribution >= 0.6 is 0 Å². The predicted octanol–water partition coefficient (Wildman–Crippen LogP) is 1.32. The van der Waals surface area contributed by atoms with Crippen molar-refractivity contribution in [1.29, 1.82) is 0 Å². The van der Waals surface area contributed by atoms with Gasteiger partial charge in [-0.1, -0.05) is 6.07 Å². The zero-order chi connectivity index (χ0) is 9.26. The average molecular weight is 176 g/mol. The molecule has 1 aliphatic carbocycles. The van der Waals surface area contributed by atoms with E-state index in [1.807, 2.05) is 12.3 Å². The molecule has 68 valence electrons. The summed E-state index contributed by atoms with van der Waals surface area (Å²) in [7, 11) is 1.61. The summed E-state index contributed by atoms with van der Waals surface area (Å²) in [6.45, 7) is 0. The molecule has 0 radical (unpaired) electrons. The maximum absolute atomic E-state index is 11.1. The Hall–Kier alpha value is -1.38. The van der Waals surface area contributed by atoms with Gasteiger partial charge in [0.25, 0.3) is 5.91 Å². The average Bonchev–Trinajstić information content (AvgIpc) is 3.00. The zero-order valence-electron chi connectivity index (χ0n) is 7.58. The number of carbonyl (C=O) groups excluding carboxylic acids is 1. The van der Waals surface area contributed by atoms with Gasteiger partial charge >= 0.3 is 0 Å². The molecule has 0 aromatic carbocycles. The minimum atomic E-state index is -0.123. The predicted molar refractivity (Wildman–Crippen MR) is 49.6 cm³/mol. The number of carbonyl (C=O) groups is 1. The lowest BCUT2D eigenvalue weighted by molar-refractivity contribution is 0.0958. The summed E-state index contributed by atoms with van der Waals surface area (Å²) in [4.78, 5) is 15.2. The molecule has 1 heterocycles. The number of rotatable bonds is 2. The third-order valence-corrected chi connectivity index (χ3v) is 2.29. The summed E-state index contributed by atoms with van der Waals surface area (Å²) >= 11 is 0. The van der Waals surface area contributed by atoms with Crippen LogP contribution in [-0.2, 0) is 0 Å². The maximum atomic E-state index is 11.1. The number of nitrogens with zero attached hydrogens (tertiary/aromatic N) is 1. The number of pyridine rings is 1. The van der Waals surface area contributed by atoms with Gasteiger partial charge in [-0.05, 0) is 30.4 Å². The number of aromatic nitrogens is 1. The Kier molecular flexibility index (Phi) is 2.00. The van der Waals surface area contributed by atoms with Crippen molar-refractivity contribution in [3.63, 3.8) is 0 Å². The minimum absolute atomic E-state index is 0.123. The molecule has 1 aromatic rings. The van der Waals surface area contributed by atoms with Gasteiger partial charge in [0.15, 0.2) is 0 Å². The van der Waals surface area contributed by atoms with E-state index in [2.05, 4.69) is 10.3 Å². The van der Waals surface area contributed by atoms with Crippen LogP contribution in [0, 0.1) is 0 Å². The fourth-order valence-corrected chi connectivity index (χ4v) is 1.33. The van der Waals surface area contributed by atoms with Crippen molar-refractivity contribution in [3.8, 4) is 0 Å². The van der Waals surface area contributed by atoms with Gasteiger partial charge in [0.05, 0.1) is 0 Å². The number of amides is 1. The molecule has 13 heavy (non-hydrogen) atoms. The lowest BCUT2D eigenvalue weighted by atomic mass is 10.2. The second-order valence-corrected chi connectivity index (χ2v) is 3.33.